The third-order valence-corrected chi connectivity index (χ3v) is 4.83. The fourth-order valence-corrected chi connectivity index (χ4v) is 3.23. The number of piperidine rings is 1. The Hall–Kier alpha value is -0.810. The average molecular weight is 341 g/mol. The first-order valence-corrected chi connectivity index (χ1v) is 9.91. The van der Waals surface area contributed by atoms with Gasteiger partial charge in [-0.3, -0.25) is 4.99 Å². The van der Waals surface area contributed by atoms with Crippen LogP contribution in [0, 0.1) is 5.92 Å². The van der Waals surface area contributed by atoms with Crippen molar-refractivity contribution in [3.8, 4) is 0 Å². The first-order valence-electron chi connectivity index (χ1n) is 9.91. The van der Waals surface area contributed by atoms with Crippen LogP contribution in [0.1, 0.15) is 59.8 Å². The van der Waals surface area contributed by atoms with Crippen LogP contribution in [-0.2, 0) is 4.74 Å². The molecule has 5 nitrogen and oxygen atoms in total. The number of hydrogen-bond acceptors (Lipinski definition) is 3. The molecule has 1 saturated heterocycles. The molecule has 1 aliphatic heterocycles. The zero-order chi connectivity index (χ0) is 17.8. The highest BCUT2D eigenvalue weighted by Crippen LogP contribution is 2.12. The number of nitrogens with one attached hydrogen (secondary N) is 2. The molecule has 0 aliphatic carbocycles. The van der Waals surface area contributed by atoms with E-state index in [9.17, 15) is 0 Å². The van der Waals surface area contributed by atoms with Gasteiger partial charge in [0.1, 0.15) is 0 Å². The summed E-state index contributed by atoms with van der Waals surface area (Å²) in [7, 11) is 1.86. The van der Waals surface area contributed by atoms with Crippen molar-refractivity contribution < 1.29 is 4.74 Å². The molecule has 1 aliphatic rings. The molecule has 0 spiro atoms. The summed E-state index contributed by atoms with van der Waals surface area (Å²) in [5, 5.41) is 7.04. The van der Waals surface area contributed by atoms with Crippen LogP contribution in [0.2, 0.25) is 0 Å². The molecule has 0 aromatic rings. The number of likely N-dealkylation sites (tertiary alicyclic amines) is 1. The van der Waals surface area contributed by atoms with Gasteiger partial charge in [0, 0.05) is 39.3 Å². The zero-order valence-electron chi connectivity index (χ0n) is 16.6. The summed E-state index contributed by atoms with van der Waals surface area (Å²) in [5.74, 6) is 1.48. The average Bonchev–Trinajstić information content (AvgIpc) is 2.59. The van der Waals surface area contributed by atoms with Gasteiger partial charge in [-0.1, -0.05) is 27.2 Å². The monoisotopic (exact) mass is 340 g/mol. The molecule has 2 N–H and O–H groups in total. The predicted octanol–water partition coefficient (Wildman–Crippen LogP) is 2.87. The van der Waals surface area contributed by atoms with Crippen LogP contribution in [0.4, 0.5) is 0 Å². The first kappa shape index (κ1) is 21.2. The van der Waals surface area contributed by atoms with Crippen LogP contribution in [0.5, 0.6) is 0 Å². The maximum absolute atomic E-state index is 5.81. The minimum Gasteiger partial charge on any atom is -0.378 e. The van der Waals surface area contributed by atoms with E-state index in [0.29, 0.717) is 18.1 Å². The molecule has 1 rings (SSSR count). The van der Waals surface area contributed by atoms with Crippen LogP contribution >= 0.6 is 0 Å². The van der Waals surface area contributed by atoms with Crippen molar-refractivity contribution >= 4 is 5.96 Å². The summed E-state index contributed by atoms with van der Waals surface area (Å²) in [5.41, 5.74) is 0. The molecule has 0 radical (unpaired) electrons. The van der Waals surface area contributed by atoms with Gasteiger partial charge >= 0.3 is 0 Å². The second kappa shape index (κ2) is 12.5. The maximum Gasteiger partial charge on any atom is 0.191 e. The van der Waals surface area contributed by atoms with Crippen molar-refractivity contribution in [2.75, 3.05) is 39.8 Å². The summed E-state index contributed by atoms with van der Waals surface area (Å²) in [6, 6.07) is 0.543. The predicted molar refractivity (Wildman–Crippen MR) is 104 cm³/mol. The molecule has 1 heterocycles. The zero-order valence-corrected chi connectivity index (χ0v) is 16.6. The molecule has 1 fully saturated rings. The van der Waals surface area contributed by atoms with Crippen LogP contribution in [0.3, 0.4) is 0 Å². The van der Waals surface area contributed by atoms with E-state index in [1.54, 1.807) is 0 Å². The first-order chi connectivity index (χ1) is 11.6. The number of rotatable bonds is 10. The van der Waals surface area contributed by atoms with Crippen molar-refractivity contribution in [3.05, 3.63) is 0 Å². The third-order valence-electron chi connectivity index (χ3n) is 4.83. The van der Waals surface area contributed by atoms with Gasteiger partial charge in [0.25, 0.3) is 0 Å². The highest BCUT2D eigenvalue weighted by Gasteiger charge is 2.19. The largest absolute Gasteiger partial charge is 0.378 e. The fraction of sp³-hybridized carbons (Fsp3) is 0.947. The number of nitrogens with zero attached hydrogens (tertiary/aromatic N) is 2. The van der Waals surface area contributed by atoms with Crippen molar-refractivity contribution in [2.24, 2.45) is 10.9 Å². The minimum absolute atomic E-state index is 0.322. The minimum atomic E-state index is 0.322. The van der Waals surface area contributed by atoms with Gasteiger partial charge in [-0.2, -0.15) is 0 Å². The fourth-order valence-electron chi connectivity index (χ4n) is 3.23. The third kappa shape index (κ3) is 8.34. The molecular formula is C19H40N4O. The number of guanidine groups is 1. The van der Waals surface area contributed by atoms with E-state index in [0.717, 1.165) is 25.5 Å². The normalized spacial score (nSPS) is 18.8. The van der Waals surface area contributed by atoms with Gasteiger partial charge in [-0.05, 0) is 45.1 Å². The molecule has 5 heteroatoms. The Bertz CT molecular complexity index is 338. The Balaban J connectivity index is 2.26. The summed E-state index contributed by atoms with van der Waals surface area (Å²) in [6.45, 7) is 14.1. The summed E-state index contributed by atoms with van der Waals surface area (Å²) < 4.78 is 5.81. The van der Waals surface area contributed by atoms with Gasteiger partial charge in [-0.25, -0.2) is 0 Å². The van der Waals surface area contributed by atoms with Gasteiger partial charge in [0.15, 0.2) is 5.96 Å². The molecule has 1 unspecified atom stereocenters. The Morgan fingerprint density at radius 1 is 1.25 bits per heavy atom. The molecule has 0 saturated carbocycles. The number of hydrogen-bond donors (Lipinski definition) is 2. The van der Waals surface area contributed by atoms with Crippen molar-refractivity contribution in [1.29, 1.82) is 0 Å². The lowest BCUT2D eigenvalue weighted by atomic mass is 10.0. The second-order valence-electron chi connectivity index (χ2n) is 7.14. The Kier molecular flexibility index (Phi) is 11.1. The van der Waals surface area contributed by atoms with E-state index in [1.807, 2.05) is 7.05 Å². The SMILES string of the molecule is CCCCN1CCC(NC(=NC)NCCC(OCC)C(C)C)CC1. The van der Waals surface area contributed by atoms with Crippen molar-refractivity contribution in [3.63, 3.8) is 0 Å². The standard InChI is InChI=1S/C19H40N4O/c1-6-8-13-23-14-10-17(11-15-23)22-19(20-5)21-12-9-18(16(3)4)24-7-2/h16-18H,6-15H2,1-5H3,(H2,20,21,22). The Morgan fingerprint density at radius 3 is 2.50 bits per heavy atom. The Labute approximate surface area is 149 Å². The second-order valence-corrected chi connectivity index (χ2v) is 7.14. The van der Waals surface area contributed by atoms with Crippen LogP contribution in [0.25, 0.3) is 0 Å². The molecule has 0 aromatic heterocycles. The molecule has 1 atom stereocenters. The van der Waals surface area contributed by atoms with Gasteiger partial charge < -0.3 is 20.3 Å². The van der Waals surface area contributed by atoms with Gasteiger partial charge in [-0.15, -0.1) is 0 Å². The lowest BCUT2D eigenvalue weighted by Gasteiger charge is -2.33. The number of aliphatic imine (C=N–C) groups is 1. The molecule has 142 valence electrons. The highest BCUT2D eigenvalue weighted by molar-refractivity contribution is 5.79. The summed E-state index contributed by atoms with van der Waals surface area (Å²) in [6.07, 6.45) is 6.35. The van der Waals surface area contributed by atoms with Crippen molar-refractivity contribution in [1.82, 2.24) is 15.5 Å². The van der Waals surface area contributed by atoms with E-state index < -0.39 is 0 Å². The van der Waals surface area contributed by atoms with E-state index in [-0.39, 0.29) is 0 Å². The van der Waals surface area contributed by atoms with E-state index in [1.165, 1.54) is 45.3 Å². The molecule has 0 amide bonds. The topological polar surface area (TPSA) is 48.9 Å². The van der Waals surface area contributed by atoms with E-state index >= 15 is 0 Å². The lowest BCUT2D eigenvalue weighted by molar-refractivity contribution is 0.0258. The molecular weight excluding hydrogens is 300 g/mol. The smallest absolute Gasteiger partial charge is 0.191 e. The van der Waals surface area contributed by atoms with E-state index in [2.05, 4.69) is 48.2 Å². The van der Waals surface area contributed by atoms with E-state index in [4.69, 9.17) is 4.74 Å². The van der Waals surface area contributed by atoms with Crippen LogP contribution in [0.15, 0.2) is 4.99 Å². The molecule has 24 heavy (non-hydrogen) atoms. The van der Waals surface area contributed by atoms with Crippen LogP contribution in [-0.4, -0.2) is 62.8 Å². The Morgan fingerprint density at radius 2 is 1.96 bits per heavy atom. The number of unbranched alkanes of at least 4 members (excludes halogenated alkanes) is 1. The highest BCUT2D eigenvalue weighted by atomic mass is 16.5. The lowest BCUT2D eigenvalue weighted by Crippen LogP contribution is -2.49. The molecule has 0 aromatic carbocycles. The van der Waals surface area contributed by atoms with Crippen LogP contribution < -0.4 is 10.6 Å². The summed E-state index contributed by atoms with van der Waals surface area (Å²) >= 11 is 0. The summed E-state index contributed by atoms with van der Waals surface area (Å²) in [4.78, 5) is 6.97. The quantitative estimate of drug-likeness (QED) is 0.474. The maximum atomic E-state index is 5.81. The molecule has 0 bridgehead atoms. The number of ether oxygens (including phenoxy) is 1. The van der Waals surface area contributed by atoms with Crippen molar-refractivity contribution in [2.45, 2.75) is 71.9 Å². The van der Waals surface area contributed by atoms with Gasteiger partial charge in [0.05, 0.1) is 6.10 Å². The van der Waals surface area contributed by atoms with Gasteiger partial charge in [0.2, 0.25) is 0 Å².